The molecule has 0 spiro atoms. The van der Waals surface area contributed by atoms with Gasteiger partial charge in [-0.25, -0.2) is 4.39 Å². The molecule has 0 unspecified atom stereocenters. The zero-order chi connectivity index (χ0) is 13.3. The fourth-order valence-electron chi connectivity index (χ4n) is 1.58. The maximum atomic E-state index is 13.2. The third-order valence-corrected chi connectivity index (χ3v) is 3.51. The van der Waals surface area contributed by atoms with E-state index < -0.39 is 0 Å². The first kappa shape index (κ1) is 13.2. The van der Waals surface area contributed by atoms with Crippen molar-refractivity contribution in [3.63, 3.8) is 0 Å². The Morgan fingerprint density at radius 1 is 1.22 bits per heavy atom. The number of nitrogen functional groups attached to an aromatic ring is 1. The van der Waals surface area contributed by atoms with Crippen LogP contribution in [0.15, 0.2) is 34.8 Å². The molecule has 0 aliphatic rings. The highest BCUT2D eigenvalue weighted by Gasteiger charge is 2.06. The Morgan fingerprint density at radius 3 is 2.61 bits per heavy atom. The molecule has 3 N–H and O–H groups in total. The monoisotopic (exact) mass is 328 g/mol. The zero-order valence-electron chi connectivity index (χ0n) is 9.60. The molecular weight excluding hydrogens is 319 g/mol. The Balaban J connectivity index is 2.36. The second-order valence-electron chi connectivity index (χ2n) is 3.98. The lowest BCUT2D eigenvalue weighted by Crippen LogP contribution is -1.95. The van der Waals surface area contributed by atoms with Gasteiger partial charge in [-0.05, 0) is 58.7 Å². The summed E-state index contributed by atoms with van der Waals surface area (Å²) in [6.45, 7) is 1.91. The summed E-state index contributed by atoms with van der Waals surface area (Å²) in [6, 6.07) is 7.97. The molecule has 0 fully saturated rings. The number of halogens is 3. The number of aryl methyl sites for hydroxylation is 1. The van der Waals surface area contributed by atoms with Gasteiger partial charge in [0.25, 0.3) is 0 Å². The van der Waals surface area contributed by atoms with Gasteiger partial charge in [0.1, 0.15) is 5.82 Å². The van der Waals surface area contributed by atoms with E-state index >= 15 is 0 Å². The van der Waals surface area contributed by atoms with Gasteiger partial charge >= 0.3 is 0 Å². The van der Waals surface area contributed by atoms with E-state index in [1.165, 1.54) is 12.1 Å². The van der Waals surface area contributed by atoms with Crippen LogP contribution in [0.1, 0.15) is 5.56 Å². The summed E-state index contributed by atoms with van der Waals surface area (Å²) < 4.78 is 14.1. The summed E-state index contributed by atoms with van der Waals surface area (Å²) >= 11 is 9.48. The van der Waals surface area contributed by atoms with E-state index in [1.807, 2.05) is 13.0 Å². The molecule has 94 valence electrons. The van der Waals surface area contributed by atoms with Crippen molar-refractivity contribution in [3.05, 3.63) is 51.2 Å². The predicted octanol–water partition coefficient (Wildman–Crippen LogP) is 4.88. The van der Waals surface area contributed by atoms with Crippen LogP contribution in [-0.2, 0) is 0 Å². The second kappa shape index (κ2) is 5.16. The molecule has 0 bridgehead atoms. The Labute approximate surface area is 118 Å². The fourth-order valence-corrected chi connectivity index (χ4v) is 2.30. The summed E-state index contributed by atoms with van der Waals surface area (Å²) in [6.07, 6.45) is 0. The van der Waals surface area contributed by atoms with Crippen LogP contribution >= 0.6 is 27.5 Å². The van der Waals surface area contributed by atoms with E-state index in [-0.39, 0.29) is 5.82 Å². The van der Waals surface area contributed by atoms with Crippen molar-refractivity contribution in [3.8, 4) is 0 Å². The first-order valence-electron chi connectivity index (χ1n) is 5.24. The lowest BCUT2D eigenvalue weighted by Gasteiger charge is -2.11. The van der Waals surface area contributed by atoms with Gasteiger partial charge in [-0.15, -0.1) is 0 Å². The van der Waals surface area contributed by atoms with E-state index in [1.54, 1.807) is 12.1 Å². The molecule has 0 saturated heterocycles. The van der Waals surface area contributed by atoms with Gasteiger partial charge in [0, 0.05) is 20.9 Å². The smallest absolute Gasteiger partial charge is 0.127 e. The van der Waals surface area contributed by atoms with Crippen LogP contribution in [0.25, 0.3) is 0 Å². The third-order valence-electron chi connectivity index (χ3n) is 2.45. The summed E-state index contributed by atoms with van der Waals surface area (Å²) in [5, 5.41) is 3.71. The van der Waals surface area contributed by atoms with E-state index in [9.17, 15) is 4.39 Å². The number of rotatable bonds is 2. The molecule has 0 atom stereocenters. The fraction of sp³-hybridized carbons (Fsp3) is 0.0769. The molecule has 2 aromatic rings. The van der Waals surface area contributed by atoms with Crippen molar-refractivity contribution < 1.29 is 4.39 Å². The zero-order valence-corrected chi connectivity index (χ0v) is 11.9. The summed E-state index contributed by atoms with van der Waals surface area (Å²) in [5.74, 6) is -0.383. The quantitative estimate of drug-likeness (QED) is 0.771. The molecule has 5 heteroatoms. The van der Waals surface area contributed by atoms with Gasteiger partial charge in [-0.2, -0.15) is 0 Å². The van der Waals surface area contributed by atoms with Crippen LogP contribution in [0.5, 0.6) is 0 Å². The lowest BCUT2D eigenvalue weighted by atomic mass is 10.2. The number of anilines is 3. The van der Waals surface area contributed by atoms with Gasteiger partial charge in [0.15, 0.2) is 0 Å². The van der Waals surface area contributed by atoms with Crippen LogP contribution in [0.2, 0.25) is 5.02 Å². The van der Waals surface area contributed by atoms with Crippen molar-refractivity contribution in [1.29, 1.82) is 0 Å². The molecule has 0 amide bonds. The molecule has 0 heterocycles. The molecule has 2 rings (SSSR count). The normalized spacial score (nSPS) is 10.4. The second-order valence-corrected chi connectivity index (χ2v) is 5.24. The first-order valence-corrected chi connectivity index (χ1v) is 6.41. The van der Waals surface area contributed by atoms with Crippen LogP contribution in [0.3, 0.4) is 0 Å². The van der Waals surface area contributed by atoms with Gasteiger partial charge in [-0.3, -0.25) is 0 Å². The van der Waals surface area contributed by atoms with Gasteiger partial charge in [0.05, 0.1) is 5.69 Å². The predicted molar refractivity (Wildman–Crippen MR) is 78.0 cm³/mol. The molecule has 0 saturated carbocycles. The highest BCUT2D eigenvalue weighted by atomic mass is 79.9. The Bertz CT molecular complexity index is 582. The minimum absolute atomic E-state index is 0.367. The van der Waals surface area contributed by atoms with Gasteiger partial charge in [0.2, 0.25) is 0 Å². The molecule has 2 nitrogen and oxygen atoms in total. The number of benzene rings is 2. The van der Waals surface area contributed by atoms with Crippen molar-refractivity contribution >= 4 is 44.6 Å². The summed E-state index contributed by atoms with van der Waals surface area (Å²) in [7, 11) is 0. The number of hydrogen-bond acceptors (Lipinski definition) is 2. The Hall–Kier alpha value is -1.26. The van der Waals surface area contributed by atoms with Gasteiger partial charge < -0.3 is 11.1 Å². The largest absolute Gasteiger partial charge is 0.399 e. The summed E-state index contributed by atoms with van der Waals surface area (Å²) in [4.78, 5) is 0. The van der Waals surface area contributed by atoms with Crippen LogP contribution in [0.4, 0.5) is 21.5 Å². The first-order chi connectivity index (χ1) is 8.45. The minimum Gasteiger partial charge on any atom is -0.399 e. The molecule has 0 aliphatic heterocycles. The average molecular weight is 330 g/mol. The number of nitrogens with two attached hydrogens (primary N) is 1. The topological polar surface area (TPSA) is 38.0 Å². The maximum Gasteiger partial charge on any atom is 0.127 e. The summed E-state index contributed by atoms with van der Waals surface area (Å²) in [5.41, 5.74) is 8.26. The molecular formula is C13H11BrClFN2. The van der Waals surface area contributed by atoms with Gasteiger partial charge in [-0.1, -0.05) is 11.6 Å². The van der Waals surface area contributed by atoms with Crippen molar-refractivity contribution in [1.82, 2.24) is 0 Å². The van der Waals surface area contributed by atoms with E-state index in [2.05, 4.69) is 21.2 Å². The molecule has 18 heavy (non-hydrogen) atoms. The van der Waals surface area contributed by atoms with Crippen LogP contribution in [0, 0.1) is 12.7 Å². The highest BCUT2D eigenvalue weighted by Crippen LogP contribution is 2.32. The Kier molecular flexibility index (Phi) is 3.78. The maximum absolute atomic E-state index is 13.2. The van der Waals surface area contributed by atoms with E-state index in [0.717, 1.165) is 15.7 Å². The lowest BCUT2D eigenvalue weighted by molar-refractivity contribution is 0.629. The molecule has 0 aromatic heterocycles. The average Bonchev–Trinajstić information content (AvgIpc) is 2.24. The molecule has 0 aliphatic carbocycles. The van der Waals surface area contributed by atoms with E-state index in [4.69, 9.17) is 17.3 Å². The third kappa shape index (κ3) is 2.94. The van der Waals surface area contributed by atoms with Crippen LogP contribution in [-0.4, -0.2) is 0 Å². The SMILES string of the molecule is Cc1cc(Br)c(Nc2cc(N)cc(F)c2)cc1Cl. The standard InChI is InChI=1S/C13H11BrClFN2/c1-7-2-11(14)13(6-12(7)15)18-10-4-8(16)3-9(17)5-10/h2-6,18H,17H2,1H3. The number of nitrogens with one attached hydrogen (secondary N) is 1. The number of hydrogen-bond donors (Lipinski definition) is 2. The highest BCUT2D eigenvalue weighted by molar-refractivity contribution is 9.10. The van der Waals surface area contributed by atoms with E-state index in [0.29, 0.717) is 16.4 Å². The van der Waals surface area contributed by atoms with Crippen molar-refractivity contribution in [2.75, 3.05) is 11.1 Å². The Morgan fingerprint density at radius 2 is 1.94 bits per heavy atom. The van der Waals surface area contributed by atoms with Crippen LogP contribution < -0.4 is 11.1 Å². The van der Waals surface area contributed by atoms with Crippen molar-refractivity contribution in [2.24, 2.45) is 0 Å². The molecule has 2 aromatic carbocycles. The minimum atomic E-state index is -0.383. The van der Waals surface area contributed by atoms with Crippen molar-refractivity contribution in [2.45, 2.75) is 6.92 Å². The molecule has 0 radical (unpaired) electrons.